The molecule has 2 saturated carbocycles. The van der Waals surface area contributed by atoms with Crippen LogP contribution in [0.15, 0.2) is 0 Å². The molecule has 8 nitrogen and oxygen atoms in total. The number of carbonyl (C=O) groups is 4. The highest BCUT2D eigenvalue weighted by Crippen LogP contribution is 2.38. The van der Waals surface area contributed by atoms with E-state index in [0.29, 0.717) is 6.42 Å². The zero-order valence-electron chi connectivity index (χ0n) is 15.3. The quantitative estimate of drug-likeness (QED) is 0.662. The Labute approximate surface area is 153 Å². The number of imide groups is 2. The van der Waals surface area contributed by atoms with E-state index < -0.39 is 30.1 Å². The maximum absolute atomic E-state index is 12.8. The van der Waals surface area contributed by atoms with Gasteiger partial charge in [0.1, 0.15) is 12.1 Å². The van der Waals surface area contributed by atoms with Gasteiger partial charge in [-0.3, -0.25) is 19.8 Å². The monoisotopic (exact) mass is 364 g/mol. The van der Waals surface area contributed by atoms with Crippen molar-refractivity contribution in [1.82, 2.24) is 20.9 Å². The van der Waals surface area contributed by atoms with Gasteiger partial charge in [-0.2, -0.15) is 0 Å². The van der Waals surface area contributed by atoms with Gasteiger partial charge in [0, 0.05) is 6.04 Å². The van der Waals surface area contributed by atoms with Gasteiger partial charge in [0.05, 0.1) is 0 Å². The third kappa shape index (κ3) is 3.68. The summed E-state index contributed by atoms with van der Waals surface area (Å²) in [5.74, 6) is -0.963. The number of nitrogens with zero attached hydrogens (tertiary/aromatic N) is 1. The number of nitrogens with one attached hydrogen (secondary N) is 3. The zero-order valence-corrected chi connectivity index (χ0v) is 15.3. The van der Waals surface area contributed by atoms with Crippen LogP contribution in [0.5, 0.6) is 0 Å². The lowest BCUT2D eigenvalue weighted by Crippen LogP contribution is -2.54. The highest BCUT2D eigenvalue weighted by atomic mass is 16.2. The van der Waals surface area contributed by atoms with Crippen LogP contribution in [0, 0.1) is 5.92 Å². The van der Waals surface area contributed by atoms with E-state index in [9.17, 15) is 19.2 Å². The largest absolute Gasteiger partial charge is 0.335 e. The highest BCUT2D eigenvalue weighted by molar-refractivity contribution is 6.10. The van der Waals surface area contributed by atoms with Crippen LogP contribution in [0.1, 0.15) is 64.7 Å². The van der Waals surface area contributed by atoms with Gasteiger partial charge in [-0.25, -0.2) is 9.59 Å². The van der Waals surface area contributed by atoms with Gasteiger partial charge >= 0.3 is 12.1 Å². The Morgan fingerprint density at radius 2 is 1.81 bits per heavy atom. The number of hydrogen-bond acceptors (Lipinski definition) is 4. The average molecular weight is 364 g/mol. The van der Waals surface area contributed by atoms with Crippen molar-refractivity contribution in [3.05, 3.63) is 0 Å². The Bertz CT molecular complexity index is 602. The molecule has 144 valence electrons. The predicted octanol–water partition coefficient (Wildman–Crippen LogP) is 1.65. The van der Waals surface area contributed by atoms with Crippen LogP contribution in [0.3, 0.4) is 0 Å². The van der Waals surface area contributed by atoms with E-state index in [0.717, 1.165) is 49.8 Å². The van der Waals surface area contributed by atoms with Gasteiger partial charge in [0.15, 0.2) is 0 Å². The van der Waals surface area contributed by atoms with Crippen LogP contribution < -0.4 is 16.0 Å². The molecule has 2 atom stereocenters. The standard InChI is InChI=1S/C18H28N4O4/c1-12-7-5-6-10-18(12)15(24)22(17(26)21-18)11-14(23)20-16(25)19-13-8-3-2-4-9-13/h12-13H,2-11H2,1H3,(H,21,26)(H2,19,20,23,25)/t12-,18+/m1/s1. The summed E-state index contributed by atoms with van der Waals surface area (Å²) < 4.78 is 0. The summed E-state index contributed by atoms with van der Waals surface area (Å²) in [5.41, 5.74) is -0.889. The lowest BCUT2D eigenvalue weighted by Gasteiger charge is -2.36. The molecule has 0 aromatic heterocycles. The van der Waals surface area contributed by atoms with Crippen LogP contribution in [0.2, 0.25) is 0 Å². The van der Waals surface area contributed by atoms with Gasteiger partial charge in [-0.1, -0.05) is 39.0 Å². The summed E-state index contributed by atoms with van der Waals surface area (Å²) >= 11 is 0. The number of rotatable bonds is 3. The highest BCUT2D eigenvalue weighted by Gasteiger charge is 2.55. The third-order valence-electron chi connectivity index (χ3n) is 6.00. The molecule has 1 aliphatic heterocycles. The average Bonchev–Trinajstić information content (AvgIpc) is 2.83. The SMILES string of the molecule is C[C@@H]1CCCC[C@]12NC(=O)N(CC(=O)NC(=O)NC1CCCCC1)C2=O. The fourth-order valence-corrected chi connectivity index (χ4v) is 4.42. The lowest BCUT2D eigenvalue weighted by atomic mass is 9.73. The molecule has 1 spiro atoms. The molecule has 3 fully saturated rings. The molecular weight excluding hydrogens is 336 g/mol. The Balaban J connectivity index is 1.54. The smallest absolute Gasteiger partial charge is 0.325 e. The summed E-state index contributed by atoms with van der Waals surface area (Å²) in [7, 11) is 0. The molecule has 3 N–H and O–H groups in total. The molecule has 3 aliphatic rings. The summed E-state index contributed by atoms with van der Waals surface area (Å²) in [4.78, 5) is 50.1. The first-order chi connectivity index (χ1) is 12.4. The Hall–Kier alpha value is -2.12. The van der Waals surface area contributed by atoms with E-state index >= 15 is 0 Å². The van der Waals surface area contributed by atoms with Crippen LogP contribution in [-0.4, -0.2) is 46.9 Å². The minimum absolute atomic E-state index is 0.0374. The van der Waals surface area contributed by atoms with Crippen molar-refractivity contribution in [3.8, 4) is 0 Å². The molecule has 3 rings (SSSR count). The fraction of sp³-hybridized carbons (Fsp3) is 0.778. The Morgan fingerprint density at radius 3 is 2.50 bits per heavy atom. The molecule has 26 heavy (non-hydrogen) atoms. The van der Waals surface area contributed by atoms with Crippen LogP contribution >= 0.6 is 0 Å². The number of urea groups is 2. The van der Waals surface area contributed by atoms with E-state index in [2.05, 4.69) is 16.0 Å². The second-order valence-electron chi connectivity index (χ2n) is 7.80. The second-order valence-corrected chi connectivity index (χ2v) is 7.80. The van der Waals surface area contributed by atoms with Crippen LogP contribution in [0.25, 0.3) is 0 Å². The lowest BCUT2D eigenvalue weighted by molar-refractivity contribution is -0.137. The van der Waals surface area contributed by atoms with E-state index in [4.69, 9.17) is 0 Å². The number of amides is 6. The Kier molecular flexibility index (Phi) is 5.48. The molecule has 0 unspecified atom stereocenters. The summed E-state index contributed by atoms with van der Waals surface area (Å²) in [5, 5.41) is 7.82. The minimum atomic E-state index is -0.889. The van der Waals surface area contributed by atoms with Crippen molar-refractivity contribution in [1.29, 1.82) is 0 Å². The predicted molar refractivity (Wildman–Crippen MR) is 94.2 cm³/mol. The molecule has 0 bridgehead atoms. The van der Waals surface area contributed by atoms with Gasteiger partial charge < -0.3 is 10.6 Å². The Morgan fingerprint density at radius 1 is 1.12 bits per heavy atom. The molecule has 6 amide bonds. The van der Waals surface area contributed by atoms with E-state index in [1.807, 2.05) is 6.92 Å². The fourth-order valence-electron chi connectivity index (χ4n) is 4.42. The maximum atomic E-state index is 12.8. The molecule has 1 saturated heterocycles. The van der Waals surface area contributed by atoms with Gasteiger partial charge in [0.25, 0.3) is 5.91 Å². The van der Waals surface area contributed by atoms with E-state index in [-0.39, 0.29) is 17.9 Å². The van der Waals surface area contributed by atoms with Crippen molar-refractivity contribution in [2.75, 3.05) is 6.54 Å². The van der Waals surface area contributed by atoms with Crippen LogP contribution in [-0.2, 0) is 9.59 Å². The first-order valence-corrected chi connectivity index (χ1v) is 9.67. The van der Waals surface area contributed by atoms with Crippen molar-refractivity contribution >= 4 is 23.9 Å². The first-order valence-electron chi connectivity index (χ1n) is 9.67. The van der Waals surface area contributed by atoms with Gasteiger partial charge in [-0.05, 0) is 31.6 Å². The van der Waals surface area contributed by atoms with Crippen molar-refractivity contribution in [2.24, 2.45) is 5.92 Å². The maximum Gasteiger partial charge on any atom is 0.325 e. The second kappa shape index (κ2) is 7.63. The zero-order chi connectivity index (χ0) is 18.7. The summed E-state index contributed by atoms with van der Waals surface area (Å²) in [6.45, 7) is 1.52. The van der Waals surface area contributed by atoms with Crippen LogP contribution in [0.4, 0.5) is 9.59 Å². The number of hydrogen-bond donors (Lipinski definition) is 3. The summed E-state index contributed by atoms with van der Waals surface area (Å²) in [6, 6.07) is -1.03. The van der Waals surface area contributed by atoms with Crippen molar-refractivity contribution in [3.63, 3.8) is 0 Å². The van der Waals surface area contributed by atoms with E-state index in [1.165, 1.54) is 6.42 Å². The molecule has 0 aromatic carbocycles. The van der Waals surface area contributed by atoms with Gasteiger partial charge in [0.2, 0.25) is 5.91 Å². The molecule has 0 radical (unpaired) electrons. The molecule has 0 aromatic rings. The van der Waals surface area contributed by atoms with Crippen molar-refractivity contribution < 1.29 is 19.2 Å². The first kappa shape index (κ1) is 18.7. The topological polar surface area (TPSA) is 108 Å². The molecule has 1 heterocycles. The third-order valence-corrected chi connectivity index (χ3v) is 6.00. The van der Waals surface area contributed by atoms with Gasteiger partial charge in [-0.15, -0.1) is 0 Å². The minimum Gasteiger partial charge on any atom is -0.335 e. The molecule has 8 heteroatoms. The summed E-state index contributed by atoms with van der Waals surface area (Å²) in [6.07, 6.45) is 8.52. The molecular formula is C18H28N4O4. The number of carbonyl (C=O) groups excluding carboxylic acids is 4. The normalized spacial score (nSPS) is 29.6. The van der Waals surface area contributed by atoms with Crippen molar-refractivity contribution in [2.45, 2.75) is 76.3 Å². The molecule has 2 aliphatic carbocycles. The van der Waals surface area contributed by atoms with E-state index in [1.54, 1.807) is 0 Å².